The number of nitrogens with zero attached hydrogens (tertiary/aromatic N) is 3. The van der Waals surface area contributed by atoms with Crippen LogP contribution in [0, 0.1) is 12.8 Å². The average Bonchev–Trinajstić information content (AvgIpc) is 2.60. The second-order valence-corrected chi connectivity index (χ2v) is 6.42. The predicted molar refractivity (Wildman–Crippen MR) is 91.6 cm³/mol. The molecule has 1 saturated heterocycles. The molecule has 5 nitrogen and oxygen atoms in total. The predicted octanol–water partition coefficient (Wildman–Crippen LogP) is 2.87. The zero-order valence-electron chi connectivity index (χ0n) is 13.9. The number of rotatable bonds is 5. The van der Waals surface area contributed by atoms with Crippen LogP contribution in [-0.2, 0) is 11.2 Å². The number of hydrogen-bond donors (Lipinski definition) is 1. The highest BCUT2D eigenvalue weighted by Gasteiger charge is 2.31. The zero-order chi connectivity index (χ0) is 16.9. The molecule has 2 unspecified atom stereocenters. The van der Waals surface area contributed by atoms with Crippen LogP contribution in [0.2, 0.25) is 0 Å². The lowest BCUT2D eigenvalue weighted by Crippen LogP contribution is -2.42. The first-order valence-electron chi connectivity index (χ1n) is 8.44. The highest BCUT2D eigenvalue weighted by molar-refractivity contribution is 5.70. The van der Waals surface area contributed by atoms with Crippen molar-refractivity contribution in [3.05, 3.63) is 59.7 Å². The van der Waals surface area contributed by atoms with E-state index in [-0.39, 0.29) is 12.0 Å². The molecule has 0 amide bonds. The van der Waals surface area contributed by atoms with Crippen molar-refractivity contribution in [2.75, 3.05) is 13.1 Å². The van der Waals surface area contributed by atoms with Gasteiger partial charge in [-0.2, -0.15) is 0 Å². The Hall–Kier alpha value is -2.27. The molecule has 1 aliphatic rings. The number of hydrogen-bond acceptors (Lipinski definition) is 4. The van der Waals surface area contributed by atoms with Crippen LogP contribution in [0.25, 0.3) is 0 Å². The van der Waals surface area contributed by atoms with Gasteiger partial charge >= 0.3 is 5.97 Å². The molecule has 2 aromatic heterocycles. The third-order valence-corrected chi connectivity index (χ3v) is 4.62. The molecule has 1 fully saturated rings. The molecule has 3 heterocycles. The molecule has 0 radical (unpaired) electrons. The number of aliphatic carboxylic acids is 1. The van der Waals surface area contributed by atoms with Crippen LogP contribution in [0.15, 0.2) is 42.6 Å². The fourth-order valence-electron chi connectivity index (χ4n) is 3.38. The molecule has 2 aromatic rings. The van der Waals surface area contributed by atoms with E-state index in [2.05, 4.69) is 9.88 Å². The molecule has 126 valence electrons. The highest BCUT2D eigenvalue weighted by Crippen LogP contribution is 2.29. The van der Waals surface area contributed by atoms with E-state index in [0.29, 0.717) is 6.54 Å². The summed E-state index contributed by atoms with van der Waals surface area (Å²) >= 11 is 0. The molecule has 1 aliphatic heterocycles. The monoisotopic (exact) mass is 325 g/mol. The molecular formula is C19H23N3O2. The van der Waals surface area contributed by atoms with Gasteiger partial charge in [0.25, 0.3) is 0 Å². The fourth-order valence-corrected chi connectivity index (χ4v) is 3.38. The van der Waals surface area contributed by atoms with Gasteiger partial charge < -0.3 is 5.11 Å². The number of carboxylic acid groups (broad SMARTS) is 1. The van der Waals surface area contributed by atoms with E-state index in [1.54, 1.807) is 6.20 Å². The van der Waals surface area contributed by atoms with Gasteiger partial charge in [-0.15, -0.1) is 0 Å². The molecule has 2 atom stereocenters. The summed E-state index contributed by atoms with van der Waals surface area (Å²) in [5.41, 5.74) is 2.97. The van der Waals surface area contributed by atoms with E-state index < -0.39 is 5.97 Å². The van der Waals surface area contributed by atoms with Crippen molar-refractivity contribution in [3.8, 4) is 0 Å². The molecule has 3 rings (SSSR count). The highest BCUT2D eigenvalue weighted by atomic mass is 16.4. The van der Waals surface area contributed by atoms with E-state index in [1.807, 2.05) is 43.3 Å². The number of aromatic nitrogens is 2. The van der Waals surface area contributed by atoms with E-state index in [1.165, 1.54) is 0 Å². The Bertz CT molecular complexity index is 690. The van der Waals surface area contributed by atoms with Gasteiger partial charge in [-0.05, 0) is 50.6 Å². The van der Waals surface area contributed by atoms with Gasteiger partial charge in [-0.1, -0.05) is 12.1 Å². The Morgan fingerprint density at radius 1 is 1.33 bits per heavy atom. The number of aryl methyl sites for hydroxylation is 1. The Morgan fingerprint density at radius 3 is 2.92 bits per heavy atom. The van der Waals surface area contributed by atoms with Crippen molar-refractivity contribution in [3.63, 3.8) is 0 Å². The summed E-state index contributed by atoms with van der Waals surface area (Å²) in [6.45, 7) is 3.46. The molecule has 5 heteroatoms. The molecule has 0 aliphatic carbocycles. The van der Waals surface area contributed by atoms with E-state index in [9.17, 15) is 9.90 Å². The Morgan fingerprint density at radius 2 is 2.21 bits per heavy atom. The zero-order valence-corrected chi connectivity index (χ0v) is 13.9. The molecule has 0 saturated carbocycles. The Labute approximate surface area is 142 Å². The standard InChI is InChI=1S/C19H23N3O2/c1-14-6-4-9-17(21-14)18(12-16-8-2-3-10-20-16)22-11-5-7-15(13-22)19(23)24/h2-4,6,8-10,15,18H,5,7,11-13H2,1H3,(H,23,24). The number of piperidine rings is 1. The van der Waals surface area contributed by atoms with Crippen LogP contribution in [-0.4, -0.2) is 39.0 Å². The molecule has 0 bridgehead atoms. The maximum atomic E-state index is 11.4. The first-order valence-corrected chi connectivity index (χ1v) is 8.44. The third-order valence-electron chi connectivity index (χ3n) is 4.62. The number of pyridine rings is 2. The molecule has 1 N–H and O–H groups in total. The third kappa shape index (κ3) is 3.97. The normalized spacial score (nSPS) is 19.8. The summed E-state index contributed by atoms with van der Waals surface area (Å²) in [5.74, 6) is -0.997. The lowest BCUT2D eigenvalue weighted by Gasteiger charge is -2.36. The fraction of sp³-hybridized carbons (Fsp3) is 0.421. The first-order chi connectivity index (χ1) is 11.6. The van der Waals surface area contributed by atoms with Crippen molar-refractivity contribution < 1.29 is 9.90 Å². The minimum atomic E-state index is -0.700. The number of carbonyl (C=O) groups is 1. The van der Waals surface area contributed by atoms with Crippen molar-refractivity contribution in [1.29, 1.82) is 0 Å². The summed E-state index contributed by atoms with van der Waals surface area (Å²) in [4.78, 5) is 22.8. The SMILES string of the molecule is Cc1cccc(C(Cc2ccccn2)N2CCCC(C(=O)O)C2)n1. The van der Waals surface area contributed by atoms with Crippen LogP contribution in [0.5, 0.6) is 0 Å². The lowest BCUT2D eigenvalue weighted by molar-refractivity contribution is -0.144. The molecule has 0 aromatic carbocycles. The van der Waals surface area contributed by atoms with Gasteiger partial charge in [0.05, 0.1) is 17.7 Å². The minimum Gasteiger partial charge on any atom is -0.481 e. The number of carboxylic acids is 1. The van der Waals surface area contributed by atoms with Crippen molar-refractivity contribution in [2.24, 2.45) is 5.92 Å². The van der Waals surface area contributed by atoms with Gasteiger partial charge in [0.15, 0.2) is 0 Å². The Balaban J connectivity index is 1.88. The van der Waals surface area contributed by atoms with Crippen LogP contribution in [0.4, 0.5) is 0 Å². The topological polar surface area (TPSA) is 66.3 Å². The van der Waals surface area contributed by atoms with Crippen LogP contribution < -0.4 is 0 Å². The van der Waals surface area contributed by atoms with Gasteiger partial charge in [-0.25, -0.2) is 0 Å². The number of likely N-dealkylation sites (tertiary alicyclic amines) is 1. The van der Waals surface area contributed by atoms with Crippen molar-refractivity contribution >= 4 is 5.97 Å². The van der Waals surface area contributed by atoms with E-state index in [0.717, 1.165) is 42.9 Å². The summed E-state index contributed by atoms with van der Waals surface area (Å²) in [5, 5.41) is 9.39. The van der Waals surface area contributed by atoms with Gasteiger partial charge in [0.2, 0.25) is 0 Å². The Kier molecular flexibility index (Phi) is 5.20. The first kappa shape index (κ1) is 16.6. The summed E-state index contributed by atoms with van der Waals surface area (Å²) in [7, 11) is 0. The summed E-state index contributed by atoms with van der Waals surface area (Å²) in [6.07, 6.45) is 4.20. The van der Waals surface area contributed by atoms with Crippen LogP contribution in [0.3, 0.4) is 0 Å². The molecule has 0 spiro atoms. The van der Waals surface area contributed by atoms with Gasteiger partial charge in [0, 0.05) is 30.6 Å². The van der Waals surface area contributed by atoms with Crippen LogP contribution >= 0.6 is 0 Å². The second kappa shape index (κ2) is 7.53. The minimum absolute atomic E-state index is 0.0574. The van der Waals surface area contributed by atoms with Gasteiger partial charge in [0.1, 0.15) is 0 Å². The molecular weight excluding hydrogens is 302 g/mol. The summed E-state index contributed by atoms with van der Waals surface area (Å²) in [6, 6.07) is 12.0. The molecule has 24 heavy (non-hydrogen) atoms. The lowest BCUT2D eigenvalue weighted by atomic mass is 9.94. The largest absolute Gasteiger partial charge is 0.481 e. The smallest absolute Gasteiger partial charge is 0.307 e. The average molecular weight is 325 g/mol. The van der Waals surface area contributed by atoms with Crippen molar-refractivity contribution in [2.45, 2.75) is 32.2 Å². The van der Waals surface area contributed by atoms with E-state index >= 15 is 0 Å². The quantitative estimate of drug-likeness (QED) is 0.915. The van der Waals surface area contributed by atoms with E-state index in [4.69, 9.17) is 4.98 Å². The second-order valence-electron chi connectivity index (χ2n) is 6.42. The summed E-state index contributed by atoms with van der Waals surface area (Å²) < 4.78 is 0. The maximum Gasteiger partial charge on any atom is 0.307 e. The van der Waals surface area contributed by atoms with Gasteiger partial charge in [-0.3, -0.25) is 19.7 Å². The van der Waals surface area contributed by atoms with Crippen LogP contribution in [0.1, 0.15) is 36.0 Å². The maximum absolute atomic E-state index is 11.4. The van der Waals surface area contributed by atoms with Crippen molar-refractivity contribution in [1.82, 2.24) is 14.9 Å².